The third-order valence-electron chi connectivity index (χ3n) is 3.03. The maximum absolute atomic E-state index is 12.3. The van der Waals surface area contributed by atoms with Gasteiger partial charge in [-0.2, -0.15) is 0 Å². The van der Waals surface area contributed by atoms with Gasteiger partial charge >= 0.3 is 5.00 Å². The minimum absolute atomic E-state index is 0.121. The maximum atomic E-state index is 12.3. The second-order valence-corrected chi connectivity index (χ2v) is 5.78. The summed E-state index contributed by atoms with van der Waals surface area (Å²) in [6.07, 6.45) is 4.20. The molecule has 0 aliphatic carbocycles. The van der Waals surface area contributed by atoms with Crippen LogP contribution in [0.15, 0.2) is 30.5 Å². The second kappa shape index (κ2) is 8.23. The number of nitrogens with one attached hydrogen (secondary N) is 1. The summed E-state index contributed by atoms with van der Waals surface area (Å²) in [5.74, 6) is 0.0903. The van der Waals surface area contributed by atoms with Gasteiger partial charge in [0.15, 0.2) is 5.13 Å². The van der Waals surface area contributed by atoms with Gasteiger partial charge in [-0.15, -0.1) is 0 Å². The molecule has 1 heterocycles. The molecule has 0 fully saturated rings. The number of nitrogens with zero attached hydrogens (tertiary/aromatic N) is 2. The number of carbonyl (C=O) groups excluding carboxylic acids is 1. The fraction of sp³-hybridized carbons (Fsp3) is 0.333. The summed E-state index contributed by atoms with van der Waals surface area (Å²) in [4.78, 5) is 26.2. The number of ether oxygens (including phenoxy) is 1. The number of unbranched alkanes of at least 4 members (excludes halogenated alkanes) is 2. The molecule has 0 spiro atoms. The van der Waals surface area contributed by atoms with Crippen LogP contribution in [-0.4, -0.2) is 22.4 Å². The molecule has 0 saturated carbocycles. The maximum Gasteiger partial charge on any atom is 0.345 e. The Balaban J connectivity index is 2.04. The van der Waals surface area contributed by atoms with Crippen LogP contribution in [0.25, 0.3) is 0 Å². The molecule has 1 aromatic carbocycles. The lowest BCUT2D eigenvalue weighted by molar-refractivity contribution is -0.380. The van der Waals surface area contributed by atoms with Gasteiger partial charge in [-0.25, -0.2) is 4.98 Å². The molecule has 8 heteroatoms. The monoisotopic (exact) mass is 335 g/mol. The molecular weight excluding hydrogens is 318 g/mol. The lowest BCUT2D eigenvalue weighted by atomic mass is 10.2. The number of thiazole rings is 1. The van der Waals surface area contributed by atoms with Crippen LogP contribution < -0.4 is 10.1 Å². The van der Waals surface area contributed by atoms with Crippen molar-refractivity contribution in [3.05, 3.63) is 46.1 Å². The number of para-hydroxylation sites is 1. The molecular formula is C15H17N3O4S. The SMILES string of the molecule is CCCCCOc1ccccc1C(=O)Nc1ncc([N+](=O)[O-])s1. The lowest BCUT2D eigenvalue weighted by Gasteiger charge is -2.10. The van der Waals surface area contributed by atoms with E-state index in [0.29, 0.717) is 17.9 Å². The highest BCUT2D eigenvalue weighted by Crippen LogP contribution is 2.26. The highest BCUT2D eigenvalue weighted by atomic mass is 32.1. The van der Waals surface area contributed by atoms with Crippen molar-refractivity contribution in [2.24, 2.45) is 0 Å². The fourth-order valence-corrected chi connectivity index (χ4v) is 2.51. The number of benzene rings is 1. The zero-order valence-corrected chi connectivity index (χ0v) is 13.5. The predicted octanol–water partition coefficient (Wildman–Crippen LogP) is 3.87. The van der Waals surface area contributed by atoms with Crippen LogP contribution in [0.3, 0.4) is 0 Å². The van der Waals surface area contributed by atoms with Gasteiger partial charge in [-0.1, -0.05) is 31.9 Å². The summed E-state index contributed by atoms with van der Waals surface area (Å²) in [6, 6.07) is 6.90. The number of hydrogen-bond acceptors (Lipinski definition) is 6. The van der Waals surface area contributed by atoms with Crippen molar-refractivity contribution in [2.75, 3.05) is 11.9 Å². The molecule has 1 aromatic heterocycles. The number of anilines is 1. The number of amides is 1. The van der Waals surface area contributed by atoms with Crippen molar-refractivity contribution in [1.82, 2.24) is 4.98 Å². The van der Waals surface area contributed by atoms with E-state index in [1.807, 2.05) is 0 Å². The summed E-state index contributed by atoms with van der Waals surface area (Å²) in [5, 5.41) is 13.3. The van der Waals surface area contributed by atoms with E-state index in [9.17, 15) is 14.9 Å². The van der Waals surface area contributed by atoms with E-state index in [1.54, 1.807) is 24.3 Å². The molecule has 2 rings (SSSR count). The Morgan fingerprint density at radius 3 is 2.87 bits per heavy atom. The molecule has 0 unspecified atom stereocenters. The van der Waals surface area contributed by atoms with Gasteiger partial charge in [0.2, 0.25) is 0 Å². The highest BCUT2D eigenvalue weighted by molar-refractivity contribution is 7.18. The van der Waals surface area contributed by atoms with E-state index in [-0.39, 0.29) is 10.1 Å². The van der Waals surface area contributed by atoms with Gasteiger partial charge in [0.1, 0.15) is 11.9 Å². The van der Waals surface area contributed by atoms with Crippen LogP contribution in [0.2, 0.25) is 0 Å². The van der Waals surface area contributed by atoms with Gasteiger partial charge in [0.05, 0.1) is 17.1 Å². The van der Waals surface area contributed by atoms with Crippen molar-refractivity contribution in [3.63, 3.8) is 0 Å². The molecule has 1 N–H and O–H groups in total. The van der Waals surface area contributed by atoms with E-state index in [2.05, 4.69) is 17.2 Å². The van der Waals surface area contributed by atoms with Gasteiger partial charge in [-0.3, -0.25) is 20.2 Å². The van der Waals surface area contributed by atoms with Crippen molar-refractivity contribution >= 4 is 27.4 Å². The standard InChI is InChI=1S/C15H17N3O4S/c1-2-3-6-9-22-12-8-5-4-7-11(12)14(19)17-15-16-10-13(23-15)18(20)21/h4-5,7-8,10H,2-3,6,9H2,1H3,(H,16,17,19). The number of aromatic nitrogens is 1. The lowest BCUT2D eigenvalue weighted by Crippen LogP contribution is -2.13. The molecule has 0 radical (unpaired) electrons. The molecule has 122 valence electrons. The average molecular weight is 335 g/mol. The van der Waals surface area contributed by atoms with Crippen LogP contribution in [0.4, 0.5) is 10.1 Å². The number of rotatable bonds is 8. The first-order chi connectivity index (χ1) is 11.1. The van der Waals surface area contributed by atoms with Gasteiger partial charge in [0, 0.05) is 0 Å². The predicted molar refractivity (Wildman–Crippen MR) is 88.2 cm³/mol. The van der Waals surface area contributed by atoms with E-state index in [0.717, 1.165) is 36.8 Å². The zero-order chi connectivity index (χ0) is 16.7. The Bertz CT molecular complexity index is 687. The summed E-state index contributed by atoms with van der Waals surface area (Å²) in [5.41, 5.74) is 0.377. The van der Waals surface area contributed by atoms with Gasteiger partial charge in [0.25, 0.3) is 5.91 Å². The minimum Gasteiger partial charge on any atom is -0.493 e. The van der Waals surface area contributed by atoms with Gasteiger partial charge < -0.3 is 4.74 Å². The first-order valence-electron chi connectivity index (χ1n) is 7.25. The van der Waals surface area contributed by atoms with Crippen LogP contribution in [-0.2, 0) is 0 Å². The molecule has 7 nitrogen and oxygen atoms in total. The molecule has 0 aliphatic rings. The van der Waals surface area contributed by atoms with Crippen LogP contribution >= 0.6 is 11.3 Å². The molecule has 1 amide bonds. The number of hydrogen-bond donors (Lipinski definition) is 1. The Labute approximate surface area is 137 Å². The Kier molecular flexibility index (Phi) is 6.04. The first-order valence-corrected chi connectivity index (χ1v) is 8.07. The van der Waals surface area contributed by atoms with Crippen LogP contribution in [0, 0.1) is 10.1 Å². The molecule has 23 heavy (non-hydrogen) atoms. The normalized spacial score (nSPS) is 10.3. The third-order valence-corrected chi connectivity index (χ3v) is 3.90. The second-order valence-electron chi connectivity index (χ2n) is 4.77. The van der Waals surface area contributed by atoms with Crippen molar-refractivity contribution < 1.29 is 14.5 Å². The topological polar surface area (TPSA) is 94.4 Å². The van der Waals surface area contributed by atoms with Crippen molar-refractivity contribution in [3.8, 4) is 5.75 Å². The van der Waals surface area contributed by atoms with E-state index in [1.165, 1.54) is 0 Å². The average Bonchev–Trinajstić information content (AvgIpc) is 3.00. The highest BCUT2D eigenvalue weighted by Gasteiger charge is 2.16. The Morgan fingerprint density at radius 1 is 1.39 bits per heavy atom. The van der Waals surface area contributed by atoms with Crippen molar-refractivity contribution in [2.45, 2.75) is 26.2 Å². The minimum atomic E-state index is -0.544. The van der Waals surface area contributed by atoms with Crippen LogP contribution in [0.5, 0.6) is 5.75 Å². The van der Waals surface area contributed by atoms with E-state index < -0.39 is 10.8 Å². The first kappa shape index (κ1) is 16.9. The molecule has 2 aromatic rings. The molecule has 0 aliphatic heterocycles. The number of carbonyl (C=O) groups is 1. The summed E-state index contributed by atoms with van der Waals surface area (Å²) in [6.45, 7) is 2.65. The number of nitro groups is 1. The summed E-state index contributed by atoms with van der Waals surface area (Å²) >= 11 is 0.811. The van der Waals surface area contributed by atoms with E-state index >= 15 is 0 Å². The van der Waals surface area contributed by atoms with Gasteiger partial charge in [-0.05, 0) is 29.9 Å². The smallest absolute Gasteiger partial charge is 0.345 e. The molecule has 0 atom stereocenters. The summed E-state index contributed by atoms with van der Waals surface area (Å²) in [7, 11) is 0. The quantitative estimate of drug-likeness (QED) is 0.449. The molecule has 0 bridgehead atoms. The van der Waals surface area contributed by atoms with Crippen LogP contribution in [0.1, 0.15) is 36.5 Å². The van der Waals surface area contributed by atoms with Crippen molar-refractivity contribution in [1.29, 1.82) is 0 Å². The van der Waals surface area contributed by atoms with E-state index in [4.69, 9.17) is 4.74 Å². The summed E-state index contributed by atoms with van der Waals surface area (Å²) < 4.78 is 5.66. The molecule has 0 saturated heterocycles. The Hall–Kier alpha value is -2.48. The zero-order valence-electron chi connectivity index (χ0n) is 12.7. The fourth-order valence-electron chi connectivity index (χ4n) is 1.89. The third kappa shape index (κ3) is 4.75. The Morgan fingerprint density at radius 2 is 2.17 bits per heavy atom. The largest absolute Gasteiger partial charge is 0.493 e.